The molecule has 0 aliphatic carbocycles. The third-order valence-corrected chi connectivity index (χ3v) is 4.16. The fraction of sp³-hybridized carbons (Fsp3) is 0.0952. The first-order valence-electron chi connectivity index (χ1n) is 8.50. The van der Waals surface area contributed by atoms with Crippen LogP contribution in [0.5, 0.6) is 0 Å². The molecular weight excluding hydrogens is 343 g/mol. The summed E-state index contributed by atoms with van der Waals surface area (Å²) >= 11 is 0. The Morgan fingerprint density at radius 1 is 0.963 bits per heavy atom. The zero-order chi connectivity index (χ0) is 18.6. The van der Waals surface area contributed by atoms with Crippen molar-refractivity contribution in [3.63, 3.8) is 0 Å². The van der Waals surface area contributed by atoms with Crippen molar-refractivity contribution in [3.05, 3.63) is 84.3 Å². The molecule has 27 heavy (non-hydrogen) atoms. The monoisotopic (exact) mass is 360 g/mol. The molecule has 0 saturated carbocycles. The number of aromatic nitrogens is 3. The van der Waals surface area contributed by atoms with Crippen LogP contribution in [0.25, 0.3) is 22.8 Å². The molecule has 6 heteroatoms. The topological polar surface area (TPSA) is 55.1 Å². The van der Waals surface area contributed by atoms with Gasteiger partial charge in [0.25, 0.3) is 5.89 Å². The van der Waals surface area contributed by atoms with E-state index in [-0.39, 0.29) is 5.82 Å². The first-order valence-corrected chi connectivity index (χ1v) is 8.50. The quantitative estimate of drug-likeness (QED) is 0.522. The van der Waals surface area contributed by atoms with Gasteiger partial charge in [-0.05, 0) is 29.8 Å². The number of pyridine rings is 1. The molecule has 0 fully saturated rings. The average Bonchev–Trinajstić information content (AvgIpc) is 3.19. The lowest BCUT2D eigenvalue weighted by Gasteiger charge is -2.18. The highest BCUT2D eigenvalue weighted by molar-refractivity contribution is 5.60. The van der Waals surface area contributed by atoms with Crippen LogP contribution in [0.1, 0.15) is 5.56 Å². The molecule has 0 bridgehead atoms. The van der Waals surface area contributed by atoms with Crippen molar-refractivity contribution < 1.29 is 8.91 Å². The normalized spacial score (nSPS) is 10.7. The van der Waals surface area contributed by atoms with E-state index in [1.54, 1.807) is 18.3 Å². The van der Waals surface area contributed by atoms with Gasteiger partial charge in [0.05, 0.1) is 5.56 Å². The first kappa shape index (κ1) is 16.9. The second-order valence-electron chi connectivity index (χ2n) is 6.18. The molecule has 0 radical (unpaired) electrons. The van der Waals surface area contributed by atoms with Crippen molar-refractivity contribution in [2.75, 3.05) is 11.9 Å². The van der Waals surface area contributed by atoms with Crippen molar-refractivity contribution in [2.45, 2.75) is 6.54 Å². The fourth-order valence-electron chi connectivity index (χ4n) is 2.76. The van der Waals surface area contributed by atoms with Gasteiger partial charge in [0.15, 0.2) is 0 Å². The van der Waals surface area contributed by atoms with Gasteiger partial charge in [0, 0.05) is 25.4 Å². The van der Waals surface area contributed by atoms with Crippen LogP contribution in [0.4, 0.5) is 10.2 Å². The third kappa shape index (κ3) is 3.84. The van der Waals surface area contributed by atoms with Crippen molar-refractivity contribution >= 4 is 5.82 Å². The van der Waals surface area contributed by atoms with Crippen LogP contribution in [0.15, 0.2) is 77.4 Å². The molecule has 2 aromatic heterocycles. The minimum atomic E-state index is -0.341. The van der Waals surface area contributed by atoms with Crippen molar-refractivity contribution in [2.24, 2.45) is 0 Å². The molecule has 2 heterocycles. The summed E-state index contributed by atoms with van der Waals surface area (Å²) < 4.78 is 18.7. The molecule has 4 rings (SSSR count). The van der Waals surface area contributed by atoms with Gasteiger partial charge in [0.1, 0.15) is 11.6 Å². The smallest absolute Gasteiger partial charge is 0.259 e. The van der Waals surface area contributed by atoms with Crippen LogP contribution >= 0.6 is 0 Å². The van der Waals surface area contributed by atoms with E-state index in [2.05, 4.69) is 32.2 Å². The number of hydrogen-bond acceptors (Lipinski definition) is 5. The minimum absolute atomic E-state index is 0.341. The summed E-state index contributed by atoms with van der Waals surface area (Å²) in [5.74, 6) is 1.19. The Hall–Kier alpha value is -3.54. The van der Waals surface area contributed by atoms with E-state index in [9.17, 15) is 4.39 Å². The first-order chi connectivity index (χ1) is 13.2. The van der Waals surface area contributed by atoms with Gasteiger partial charge in [-0.25, -0.2) is 9.37 Å². The minimum Gasteiger partial charge on any atom is -0.355 e. The fourth-order valence-corrected chi connectivity index (χ4v) is 2.76. The van der Waals surface area contributed by atoms with Gasteiger partial charge in [-0.3, -0.25) is 0 Å². The van der Waals surface area contributed by atoms with E-state index in [0.717, 1.165) is 12.4 Å². The Balaban J connectivity index is 1.51. The van der Waals surface area contributed by atoms with E-state index in [1.165, 1.54) is 17.7 Å². The molecule has 0 N–H and O–H groups in total. The lowest BCUT2D eigenvalue weighted by atomic mass is 10.2. The Morgan fingerprint density at radius 2 is 1.81 bits per heavy atom. The second-order valence-corrected chi connectivity index (χ2v) is 6.18. The lowest BCUT2D eigenvalue weighted by molar-refractivity contribution is 0.432. The Bertz CT molecular complexity index is 1030. The molecule has 0 atom stereocenters. The molecule has 5 nitrogen and oxygen atoms in total. The number of rotatable bonds is 5. The van der Waals surface area contributed by atoms with E-state index < -0.39 is 0 Å². The lowest BCUT2D eigenvalue weighted by Crippen LogP contribution is -2.17. The molecule has 0 amide bonds. The number of anilines is 1. The summed E-state index contributed by atoms with van der Waals surface area (Å²) in [4.78, 5) is 10.9. The molecule has 4 aromatic rings. The van der Waals surface area contributed by atoms with Gasteiger partial charge < -0.3 is 9.42 Å². The molecule has 0 unspecified atom stereocenters. The molecule has 0 spiro atoms. The molecule has 0 saturated heterocycles. The standard InChI is InChI=1S/C21H17FN4O/c1-26(14-15-6-3-2-4-7-15)19-11-10-17(13-23-19)21-24-20(25-27-21)16-8-5-9-18(22)12-16/h2-13H,14H2,1H3. The Kier molecular flexibility index (Phi) is 4.61. The van der Waals surface area contributed by atoms with Gasteiger partial charge in [-0.2, -0.15) is 4.98 Å². The largest absolute Gasteiger partial charge is 0.355 e. The van der Waals surface area contributed by atoms with Crippen LogP contribution in [-0.4, -0.2) is 22.2 Å². The number of halogens is 1. The number of hydrogen-bond donors (Lipinski definition) is 0. The van der Waals surface area contributed by atoms with Crippen LogP contribution in [0.2, 0.25) is 0 Å². The zero-order valence-electron chi connectivity index (χ0n) is 14.7. The molecule has 2 aromatic carbocycles. The van der Waals surface area contributed by atoms with Crippen LogP contribution in [0, 0.1) is 5.82 Å². The maximum Gasteiger partial charge on any atom is 0.259 e. The van der Waals surface area contributed by atoms with E-state index in [1.807, 2.05) is 37.4 Å². The molecule has 0 aliphatic heterocycles. The van der Waals surface area contributed by atoms with Crippen LogP contribution < -0.4 is 4.90 Å². The SMILES string of the molecule is CN(Cc1ccccc1)c1ccc(-c2nc(-c3cccc(F)c3)no2)cn1. The number of benzene rings is 2. The van der Waals surface area contributed by atoms with Gasteiger partial charge >= 0.3 is 0 Å². The zero-order valence-corrected chi connectivity index (χ0v) is 14.7. The van der Waals surface area contributed by atoms with Gasteiger partial charge in [0.2, 0.25) is 5.82 Å². The predicted molar refractivity (Wildman–Crippen MR) is 101 cm³/mol. The van der Waals surface area contributed by atoms with E-state index in [0.29, 0.717) is 22.8 Å². The molecule has 134 valence electrons. The van der Waals surface area contributed by atoms with Gasteiger partial charge in [-0.1, -0.05) is 47.6 Å². The van der Waals surface area contributed by atoms with Crippen molar-refractivity contribution in [1.82, 2.24) is 15.1 Å². The van der Waals surface area contributed by atoms with E-state index in [4.69, 9.17) is 4.52 Å². The predicted octanol–water partition coefficient (Wildman–Crippen LogP) is 4.57. The second kappa shape index (κ2) is 7.37. The highest BCUT2D eigenvalue weighted by atomic mass is 19.1. The highest BCUT2D eigenvalue weighted by Gasteiger charge is 2.12. The van der Waals surface area contributed by atoms with Crippen LogP contribution in [0.3, 0.4) is 0 Å². The summed E-state index contributed by atoms with van der Waals surface area (Å²) in [5, 5.41) is 3.93. The third-order valence-electron chi connectivity index (χ3n) is 4.16. The maximum absolute atomic E-state index is 13.4. The summed E-state index contributed by atoms with van der Waals surface area (Å²) in [6.45, 7) is 0.761. The van der Waals surface area contributed by atoms with E-state index >= 15 is 0 Å². The summed E-state index contributed by atoms with van der Waals surface area (Å²) in [6, 6.07) is 20.1. The molecule has 0 aliphatic rings. The van der Waals surface area contributed by atoms with Gasteiger partial charge in [-0.15, -0.1) is 0 Å². The highest BCUT2D eigenvalue weighted by Crippen LogP contribution is 2.23. The summed E-state index contributed by atoms with van der Waals surface area (Å²) in [6.07, 6.45) is 1.69. The van der Waals surface area contributed by atoms with Crippen molar-refractivity contribution in [1.29, 1.82) is 0 Å². The Morgan fingerprint density at radius 3 is 2.56 bits per heavy atom. The summed E-state index contributed by atoms with van der Waals surface area (Å²) in [5.41, 5.74) is 2.49. The van der Waals surface area contributed by atoms with Crippen molar-refractivity contribution in [3.8, 4) is 22.8 Å². The molecular formula is C21H17FN4O. The number of nitrogens with zero attached hydrogens (tertiary/aromatic N) is 4. The summed E-state index contributed by atoms with van der Waals surface area (Å²) in [7, 11) is 1.99. The maximum atomic E-state index is 13.4. The Labute approximate surface area is 156 Å². The van der Waals surface area contributed by atoms with Crippen LogP contribution in [-0.2, 0) is 6.54 Å². The average molecular weight is 360 g/mol.